The van der Waals surface area contributed by atoms with Gasteiger partial charge >= 0.3 is 0 Å². The summed E-state index contributed by atoms with van der Waals surface area (Å²) in [6.07, 6.45) is 0.716. The summed E-state index contributed by atoms with van der Waals surface area (Å²) in [6, 6.07) is 10.1. The summed E-state index contributed by atoms with van der Waals surface area (Å²) in [6.45, 7) is 2.83. The molecule has 0 bridgehead atoms. The van der Waals surface area contributed by atoms with E-state index in [-0.39, 0.29) is 12.0 Å². The lowest BCUT2D eigenvalue weighted by molar-refractivity contribution is 0.247. The maximum atomic E-state index is 8.94. The van der Waals surface area contributed by atoms with Gasteiger partial charge in [-0.05, 0) is 12.0 Å². The van der Waals surface area contributed by atoms with Crippen LogP contribution in [0.25, 0.3) is 0 Å². The Morgan fingerprint density at radius 3 is 2.38 bits per heavy atom. The van der Waals surface area contributed by atoms with Gasteiger partial charge in [0.05, 0.1) is 0 Å². The van der Waals surface area contributed by atoms with E-state index in [1.807, 2.05) is 18.2 Å². The molecule has 0 amide bonds. The van der Waals surface area contributed by atoms with Crippen molar-refractivity contribution in [3.05, 3.63) is 35.9 Å². The number of aliphatic hydroxyl groups is 1. The van der Waals surface area contributed by atoms with Crippen molar-refractivity contribution in [3.8, 4) is 0 Å². The third-order valence-corrected chi connectivity index (χ3v) is 2.58. The fourth-order valence-electron chi connectivity index (χ4n) is 1.45. The maximum Gasteiger partial charge on any atom is 0.0439 e. The Bertz CT molecular complexity index is 248. The second-order valence-corrected chi connectivity index (χ2v) is 3.60. The molecule has 0 saturated heterocycles. The number of rotatable bonds is 4. The molecule has 1 unspecified atom stereocenters. The Morgan fingerprint density at radius 1 is 1.31 bits per heavy atom. The van der Waals surface area contributed by atoms with Crippen molar-refractivity contribution in [3.63, 3.8) is 0 Å². The van der Waals surface area contributed by atoms with Gasteiger partial charge in [-0.3, -0.25) is 0 Å². The van der Waals surface area contributed by atoms with Crippen molar-refractivity contribution in [2.75, 3.05) is 13.2 Å². The van der Waals surface area contributed by atoms with Crippen LogP contribution in [0.1, 0.15) is 18.9 Å². The Balaban J connectivity index is 2.89. The quantitative estimate of drug-likeness (QED) is 0.731. The fourth-order valence-corrected chi connectivity index (χ4v) is 1.45. The summed E-state index contributed by atoms with van der Waals surface area (Å²) in [5, 5.41) is 8.94. The van der Waals surface area contributed by atoms with Crippen LogP contribution in [0.2, 0.25) is 0 Å². The molecule has 0 fully saturated rings. The third-order valence-electron chi connectivity index (χ3n) is 2.58. The number of hydrogen-bond acceptors (Lipinski definition) is 2. The van der Waals surface area contributed by atoms with Gasteiger partial charge < -0.3 is 10.8 Å². The maximum absolute atomic E-state index is 8.94. The Labute approximate surface area is 79.4 Å². The van der Waals surface area contributed by atoms with Gasteiger partial charge in [-0.15, -0.1) is 0 Å². The lowest BCUT2D eigenvalue weighted by atomic mass is 9.80. The van der Waals surface area contributed by atoms with Crippen LogP contribution in [0.5, 0.6) is 0 Å². The van der Waals surface area contributed by atoms with Crippen molar-refractivity contribution < 1.29 is 5.11 Å². The molecule has 72 valence electrons. The molecule has 0 saturated carbocycles. The molecule has 2 nitrogen and oxygen atoms in total. The van der Waals surface area contributed by atoms with Crippen LogP contribution in [0, 0.1) is 0 Å². The minimum absolute atomic E-state index is 0.0873. The van der Waals surface area contributed by atoms with Gasteiger partial charge in [-0.1, -0.05) is 37.3 Å². The van der Waals surface area contributed by atoms with Crippen LogP contribution < -0.4 is 5.73 Å². The Morgan fingerprint density at radius 2 is 1.92 bits per heavy atom. The van der Waals surface area contributed by atoms with E-state index < -0.39 is 0 Å². The van der Waals surface area contributed by atoms with E-state index in [1.54, 1.807) is 0 Å². The van der Waals surface area contributed by atoms with E-state index >= 15 is 0 Å². The fraction of sp³-hybridized carbons (Fsp3) is 0.455. The summed E-state index contributed by atoms with van der Waals surface area (Å²) < 4.78 is 0. The molecule has 0 radical (unpaired) electrons. The lowest BCUT2D eigenvalue weighted by Gasteiger charge is -2.27. The SMILES string of the molecule is CC(CN)(CCO)c1ccccc1. The molecule has 0 aliphatic rings. The van der Waals surface area contributed by atoms with E-state index in [4.69, 9.17) is 10.8 Å². The van der Waals surface area contributed by atoms with Crippen molar-refractivity contribution in [2.45, 2.75) is 18.8 Å². The van der Waals surface area contributed by atoms with E-state index in [1.165, 1.54) is 5.56 Å². The highest BCUT2D eigenvalue weighted by Gasteiger charge is 2.23. The topological polar surface area (TPSA) is 46.2 Å². The summed E-state index contributed by atoms with van der Waals surface area (Å²) in [7, 11) is 0. The molecule has 2 heteroatoms. The van der Waals surface area contributed by atoms with E-state index in [0.29, 0.717) is 13.0 Å². The van der Waals surface area contributed by atoms with E-state index in [0.717, 1.165) is 0 Å². The van der Waals surface area contributed by atoms with Crippen LogP contribution in [0.4, 0.5) is 0 Å². The van der Waals surface area contributed by atoms with Gasteiger partial charge in [0.15, 0.2) is 0 Å². The Kier molecular flexibility index (Phi) is 3.46. The third kappa shape index (κ3) is 2.29. The summed E-state index contributed by atoms with van der Waals surface area (Å²) in [5.41, 5.74) is 6.83. The second kappa shape index (κ2) is 4.40. The van der Waals surface area contributed by atoms with Crippen LogP contribution in [0.15, 0.2) is 30.3 Å². The molecule has 0 spiro atoms. The van der Waals surface area contributed by atoms with Crippen molar-refractivity contribution in [1.82, 2.24) is 0 Å². The van der Waals surface area contributed by atoms with E-state index in [9.17, 15) is 0 Å². The minimum Gasteiger partial charge on any atom is -0.396 e. The predicted octanol–water partition coefficient (Wildman–Crippen LogP) is 1.29. The molecule has 0 aliphatic heterocycles. The van der Waals surface area contributed by atoms with Crippen LogP contribution >= 0.6 is 0 Å². The zero-order chi connectivity index (χ0) is 9.73. The van der Waals surface area contributed by atoms with Crippen LogP contribution in [0.3, 0.4) is 0 Å². The molecule has 1 aromatic rings. The van der Waals surface area contributed by atoms with Gasteiger partial charge in [-0.25, -0.2) is 0 Å². The predicted molar refractivity (Wildman–Crippen MR) is 54.6 cm³/mol. The first-order valence-corrected chi connectivity index (χ1v) is 4.59. The zero-order valence-corrected chi connectivity index (χ0v) is 8.03. The second-order valence-electron chi connectivity index (χ2n) is 3.60. The highest BCUT2D eigenvalue weighted by atomic mass is 16.3. The monoisotopic (exact) mass is 179 g/mol. The van der Waals surface area contributed by atoms with Gasteiger partial charge in [0.2, 0.25) is 0 Å². The van der Waals surface area contributed by atoms with Crippen LogP contribution in [-0.4, -0.2) is 18.3 Å². The zero-order valence-electron chi connectivity index (χ0n) is 8.03. The van der Waals surface area contributed by atoms with Gasteiger partial charge in [0.1, 0.15) is 0 Å². The first-order chi connectivity index (χ1) is 6.23. The minimum atomic E-state index is -0.0873. The van der Waals surface area contributed by atoms with E-state index in [2.05, 4.69) is 19.1 Å². The van der Waals surface area contributed by atoms with Gasteiger partial charge in [-0.2, -0.15) is 0 Å². The number of benzene rings is 1. The lowest BCUT2D eigenvalue weighted by Crippen LogP contribution is -2.32. The standard InChI is InChI=1S/C11H17NO/c1-11(9-12,7-8-13)10-5-3-2-4-6-10/h2-6,13H,7-9,12H2,1H3. The molecular weight excluding hydrogens is 162 g/mol. The first kappa shape index (κ1) is 10.2. The van der Waals surface area contributed by atoms with Crippen molar-refractivity contribution >= 4 is 0 Å². The number of hydrogen-bond donors (Lipinski definition) is 2. The molecule has 0 aromatic heterocycles. The molecule has 1 rings (SSSR count). The first-order valence-electron chi connectivity index (χ1n) is 4.59. The highest BCUT2D eigenvalue weighted by Crippen LogP contribution is 2.25. The molecule has 0 heterocycles. The van der Waals surface area contributed by atoms with Crippen molar-refractivity contribution in [1.29, 1.82) is 0 Å². The summed E-state index contributed by atoms with van der Waals surface area (Å²) in [5.74, 6) is 0. The normalized spacial score (nSPS) is 15.3. The summed E-state index contributed by atoms with van der Waals surface area (Å²) in [4.78, 5) is 0. The molecule has 0 aliphatic carbocycles. The number of aliphatic hydroxyl groups excluding tert-OH is 1. The average molecular weight is 179 g/mol. The van der Waals surface area contributed by atoms with Gasteiger partial charge in [0, 0.05) is 18.6 Å². The average Bonchev–Trinajstić information content (AvgIpc) is 2.19. The molecule has 1 aromatic carbocycles. The smallest absolute Gasteiger partial charge is 0.0439 e. The Hall–Kier alpha value is -0.860. The molecule has 13 heavy (non-hydrogen) atoms. The molecule has 3 N–H and O–H groups in total. The number of nitrogens with two attached hydrogens (primary N) is 1. The van der Waals surface area contributed by atoms with Crippen LogP contribution in [-0.2, 0) is 5.41 Å². The largest absolute Gasteiger partial charge is 0.396 e. The summed E-state index contributed by atoms with van der Waals surface area (Å²) >= 11 is 0. The highest BCUT2D eigenvalue weighted by molar-refractivity contribution is 5.24. The van der Waals surface area contributed by atoms with Crippen molar-refractivity contribution in [2.24, 2.45) is 5.73 Å². The molecular formula is C11H17NO. The van der Waals surface area contributed by atoms with Gasteiger partial charge in [0.25, 0.3) is 0 Å². The molecule has 1 atom stereocenters.